The summed E-state index contributed by atoms with van der Waals surface area (Å²) in [7, 11) is -2.95. The maximum absolute atomic E-state index is 13.3. The average Bonchev–Trinajstić information content (AvgIpc) is 3.07. The highest BCUT2D eigenvalue weighted by Crippen LogP contribution is 2.39. The number of fused-ring (bicyclic) bond motifs is 3. The van der Waals surface area contributed by atoms with Gasteiger partial charge in [0, 0.05) is 22.5 Å². The Morgan fingerprint density at radius 2 is 1.70 bits per heavy atom. The van der Waals surface area contributed by atoms with Crippen LogP contribution in [0.2, 0.25) is 0 Å². The summed E-state index contributed by atoms with van der Waals surface area (Å²) >= 11 is 0. The number of anilines is 1. The summed E-state index contributed by atoms with van der Waals surface area (Å²) in [6, 6.07) is 9.28. The second-order valence-corrected chi connectivity index (χ2v) is 10.9. The zero-order valence-electron chi connectivity index (χ0n) is 19.3. The summed E-state index contributed by atoms with van der Waals surface area (Å²) in [4.78, 5) is 23.7. The molecule has 0 radical (unpaired) electrons. The molecule has 10 heteroatoms. The first-order valence-electron chi connectivity index (χ1n) is 10.3. The predicted molar refractivity (Wildman–Crippen MR) is 125 cm³/mol. The van der Waals surface area contributed by atoms with Gasteiger partial charge in [-0.3, -0.25) is 10.1 Å². The van der Waals surface area contributed by atoms with Crippen molar-refractivity contribution < 1.29 is 32.3 Å². The summed E-state index contributed by atoms with van der Waals surface area (Å²) in [5.74, 6) is -1.77. The second kappa shape index (κ2) is 8.35. The van der Waals surface area contributed by atoms with Crippen LogP contribution in [-0.4, -0.2) is 38.2 Å². The van der Waals surface area contributed by atoms with Gasteiger partial charge < -0.3 is 14.3 Å². The molecule has 0 aliphatic carbocycles. The zero-order valence-corrected chi connectivity index (χ0v) is 20.2. The van der Waals surface area contributed by atoms with Crippen LogP contribution in [-0.2, 0) is 19.6 Å². The highest BCUT2D eigenvalue weighted by atomic mass is 32.2. The Morgan fingerprint density at radius 1 is 1.03 bits per heavy atom. The Morgan fingerprint density at radius 3 is 2.24 bits per heavy atom. The van der Waals surface area contributed by atoms with Gasteiger partial charge >= 0.3 is 12.1 Å². The number of carboxylic acid groups (broad SMARTS) is 1. The van der Waals surface area contributed by atoms with E-state index in [0.29, 0.717) is 27.6 Å². The van der Waals surface area contributed by atoms with E-state index in [2.05, 4.69) is 14.8 Å². The van der Waals surface area contributed by atoms with Crippen molar-refractivity contribution in [1.29, 1.82) is 0 Å². The lowest BCUT2D eigenvalue weighted by Gasteiger charge is -2.44. The number of hydrogen-bond donors (Lipinski definition) is 3. The van der Waals surface area contributed by atoms with Gasteiger partial charge in [-0.05, 0) is 41.7 Å². The molecule has 9 nitrogen and oxygen atoms in total. The van der Waals surface area contributed by atoms with Gasteiger partial charge in [-0.1, -0.05) is 34.6 Å². The maximum Gasteiger partial charge on any atom is 0.411 e. The van der Waals surface area contributed by atoms with Crippen LogP contribution in [0.15, 0.2) is 45.7 Å². The molecule has 0 aliphatic rings. The average molecular weight is 477 g/mol. The van der Waals surface area contributed by atoms with Crippen molar-refractivity contribution in [3.8, 4) is 0 Å². The van der Waals surface area contributed by atoms with Crippen LogP contribution in [0.4, 0.5) is 10.5 Å². The van der Waals surface area contributed by atoms with Crippen molar-refractivity contribution in [2.45, 2.75) is 45.1 Å². The molecule has 3 rings (SSSR count). The van der Waals surface area contributed by atoms with E-state index in [1.165, 1.54) is 25.3 Å². The fourth-order valence-electron chi connectivity index (χ4n) is 4.19. The van der Waals surface area contributed by atoms with E-state index < -0.39 is 39.0 Å². The van der Waals surface area contributed by atoms with Gasteiger partial charge in [-0.15, -0.1) is 0 Å². The fraction of sp³-hybridized carbons (Fsp3) is 0.391. The van der Waals surface area contributed by atoms with E-state index >= 15 is 0 Å². The smallest absolute Gasteiger partial charge is 0.411 e. The van der Waals surface area contributed by atoms with Crippen LogP contribution in [0.5, 0.6) is 0 Å². The number of carbonyl (C=O) groups excluding carboxylic acids is 1. The normalized spacial score (nSPS) is 14.4. The number of aliphatic carboxylic acids is 1. The number of methoxy groups -OCH3 is 1. The molecule has 0 bridgehead atoms. The summed E-state index contributed by atoms with van der Waals surface area (Å²) in [5, 5.41) is 13.8. The second-order valence-electron chi connectivity index (χ2n) is 9.21. The molecular formula is C23H28N2O7S. The third-order valence-corrected chi connectivity index (χ3v) is 7.33. The third kappa shape index (κ3) is 4.28. The van der Waals surface area contributed by atoms with Crippen molar-refractivity contribution in [3.05, 3.63) is 36.4 Å². The number of carboxylic acids is 1. The molecule has 33 heavy (non-hydrogen) atoms. The number of nitrogens with one attached hydrogen (secondary N) is 2. The van der Waals surface area contributed by atoms with Gasteiger partial charge in [0.2, 0.25) is 10.0 Å². The van der Waals surface area contributed by atoms with Crippen molar-refractivity contribution in [1.82, 2.24) is 4.72 Å². The van der Waals surface area contributed by atoms with E-state index in [1.807, 2.05) is 0 Å². The minimum absolute atomic E-state index is 0.0787. The molecule has 0 fully saturated rings. The molecule has 0 unspecified atom stereocenters. The van der Waals surface area contributed by atoms with Gasteiger partial charge in [0.05, 0.1) is 12.0 Å². The van der Waals surface area contributed by atoms with E-state index in [9.17, 15) is 23.1 Å². The summed E-state index contributed by atoms with van der Waals surface area (Å²) in [6.07, 6.45) is -0.629. The number of hydrogen-bond acceptors (Lipinski definition) is 6. The van der Waals surface area contributed by atoms with E-state index in [1.54, 1.807) is 52.8 Å². The Balaban J connectivity index is 2.09. The molecule has 1 amide bonds. The highest BCUT2D eigenvalue weighted by Gasteiger charge is 2.53. The molecule has 1 heterocycles. The molecule has 3 N–H and O–H groups in total. The molecule has 0 aliphatic heterocycles. The standard InChI is InChI=1S/C23H28N2O7S/c1-13(2)23(20(26)27,22(3,4)5)25-33(29,30)15-8-10-18-17(12-15)16-9-7-14(11-19(16)32-18)24-21(28)31-6/h7-13,25H,1-6H3,(H,24,28)(H,26,27)/t23-/m1/s1. The molecule has 2 aromatic carbocycles. The summed E-state index contributed by atoms with van der Waals surface area (Å²) < 4.78 is 39.6. The van der Waals surface area contributed by atoms with Crippen LogP contribution in [0.25, 0.3) is 21.9 Å². The van der Waals surface area contributed by atoms with Gasteiger partial charge in [0.1, 0.15) is 16.7 Å². The van der Waals surface area contributed by atoms with Crippen LogP contribution in [0, 0.1) is 11.3 Å². The number of furan rings is 1. The Hall–Kier alpha value is -3.11. The lowest BCUT2D eigenvalue weighted by Crippen LogP contribution is -2.65. The molecule has 0 spiro atoms. The van der Waals surface area contributed by atoms with E-state index in [0.717, 1.165) is 0 Å². The molecule has 1 atom stereocenters. The SMILES string of the molecule is COC(=O)Nc1ccc2c(c1)oc1ccc(S(=O)(=O)N[C@@](C(=O)O)(C(C)C)C(C)(C)C)cc12. The third-order valence-electron chi connectivity index (χ3n) is 5.87. The molecule has 0 saturated heterocycles. The van der Waals surface area contributed by atoms with Crippen LogP contribution >= 0.6 is 0 Å². The molecule has 0 saturated carbocycles. The van der Waals surface area contributed by atoms with Crippen LogP contribution < -0.4 is 10.0 Å². The zero-order chi connectivity index (χ0) is 24.8. The first kappa shape index (κ1) is 24.5. The van der Waals surface area contributed by atoms with Gasteiger partial charge in [0.15, 0.2) is 0 Å². The Labute approximate surface area is 192 Å². The summed E-state index contributed by atoms with van der Waals surface area (Å²) in [5.41, 5.74) is -1.29. The largest absolute Gasteiger partial charge is 0.480 e. The number of carbonyl (C=O) groups is 2. The molecule has 1 aromatic heterocycles. The van der Waals surface area contributed by atoms with Gasteiger partial charge in [-0.25, -0.2) is 13.2 Å². The topological polar surface area (TPSA) is 135 Å². The number of amides is 1. The minimum Gasteiger partial charge on any atom is -0.480 e. The van der Waals surface area contributed by atoms with E-state index in [-0.39, 0.29) is 4.90 Å². The first-order valence-corrected chi connectivity index (χ1v) is 11.8. The first-order chi connectivity index (χ1) is 15.2. The number of rotatable bonds is 6. The predicted octanol–water partition coefficient (Wildman–Crippen LogP) is 4.57. The number of ether oxygens (including phenoxy) is 1. The number of benzene rings is 2. The van der Waals surface area contributed by atoms with Crippen LogP contribution in [0.3, 0.4) is 0 Å². The monoisotopic (exact) mass is 476 g/mol. The van der Waals surface area contributed by atoms with E-state index in [4.69, 9.17) is 4.42 Å². The lowest BCUT2D eigenvalue weighted by atomic mass is 9.68. The van der Waals surface area contributed by atoms with Crippen molar-refractivity contribution in [2.24, 2.45) is 11.3 Å². The number of sulfonamides is 1. The Bertz CT molecular complexity index is 1340. The lowest BCUT2D eigenvalue weighted by molar-refractivity contribution is -0.151. The minimum atomic E-state index is -4.20. The Kier molecular flexibility index (Phi) is 6.20. The molecular weight excluding hydrogens is 448 g/mol. The summed E-state index contributed by atoms with van der Waals surface area (Å²) in [6.45, 7) is 8.42. The van der Waals surface area contributed by atoms with Gasteiger partial charge in [0.25, 0.3) is 0 Å². The molecule has 178 valence electrons. The van der Waals surface area contributed by atoms with Crippen molar-refractivity contribution in [3.63, 3.8) is 0 Å². The van der Waals surface area contributed by atoms with Crippen molar-refractivity contribution >= 4 is 49.7 Å². The quantitative estimate of drug-likeness (QED) is 0.474. The van der Waals surface area contributed by atoms with Gasteiger partial charge in [-0.2, -0.15) is 4.72 Å². The molecule has 3 aromatic rings. The fourth-order valence-corrected chi connectivity index (χ4v) is 5.88. The highest BCUT2D eigenvalue weighted by molar-refractivity contribution is 7.89. The maximum atomic E-state index is 13.3. The van der Waals surface area contributed by atoms with Crippen LogP contribution in [0.1, 0.15) is 34.6 Å². The van der Waals surface area contributed by atoms with Crippen molar-refractivity contribution in [2.75, 3.05) is 12.4 Å².